The van der Waals surface area contributed by atoms with Crippen LogP contribution >= 0.6 is 0 Å². The smallest absolute Gasteiger partial charge is 0.272 e. The molecule has 0 unspecified atom stereocenters. The first-order valence-electron chi connectivity index (χ1n) is 6.68. The first kappa shape index (κ1) is 13.2. The van der Waals surface area contributed by atoms with Crippen LogP contribution in [0.3, 0.4) is 0 Å². The predicted octanol–water partition coefficient (Wildman–Crippen LogP) is 3.74. The van der Waals surface area contributed by atoms with E-state index in [4.69, 9.17) is 0 Å². The Labute approximate surface area is 121 Å². The molecule has 21 heavy (non-hydrogen) atoms. The maximum absolute atomic E-state index is 11.2. The molecule has 0 fully saturated rings. The molecule has 0 aliphatic carbocycles. The van der Waals surface area contributed by atoms with Gasteiger partial charge in [-0.2, -0.15) is 0 Å². The van der Waals surface area contributed by atoms with Crippen molar-refractivity contribution in [1.29, 1.82) is 0 Å². The molecule has 0 aliphatic heterocycles. The van der Waals surface area contributed by atoms with Gasteiger partial charge in [0.2, 0.25) is 0 Å². The minimum absolute atomic E-state index is 0.0747. The lowest BCUT2D eigenvalue weighted by Crippen LogP contribution is -2.05. The van der Waals surface area contributed by atoms with Gasteiger partial charge in [-0.25, -0.2) is 0 Å². The standard InChI is InChI=1S/C16H15N3O2/c1-11-6-7-12(10-15(11)19(20)21)16(13-4-2-8-17-13)14-5-3-9-18-14/h2-10,16-18H,1H3. The Bertz CT molecular complexity index is 712. The van der Waals surface area contributed by atoms with Crippen LogP contribution in [0.4, 0.5) is 5.69 Å². The largest absolute Gasteiger partial charge is 0.364 e. The molecule has 0 saturated carbocycles. The van der Waals surface area contributed by atoms with E-state index in [0.717, 1.165) is 17.0 Å². The summed E-state index contributed by atoms with van der Waals surface area (Å²) >= 11 is 0. The van der Waals surface area contributed by atoms with Crippen molar-refractivity contribution in [2.24, 2.45) is 0 Å². The number of hydrogen-bond donors (Lipinski definition) is 2. The monoisotopic (exact) mass is 281 g/mol. The Morgan fingerprint density at radius 3 is 2.14 bits per heavy atom. The number of aryl methyl sites for hydroxylation is 1. The van der Waals surface area contributed by atoms with Crippen molar-refractivity contribution in [2.75, 3.05) is 0 Å². The molecule has 0 amide bonds. The lowest BCUT2D eigenvalue weighted by molar-refractivity contribution is -0.385. The minimum Gasteiger partial charge on any atom is -0.364 e. The fraction of sp³-hybridized carbons (Fsp3) is 0.125. The van der Waals surface area contributed by atoms with E-state index in [-0.39, 0.29) is 16.5 Å². The van der Waals surface area contributed by atoms with Crippen molar-refractivity contribution < 1.29 is 4.92 Å². The zero-order valence-electron chi connectivity index (χ0n) is 11.5. The summed E-state index contributed by atoms with van der Waals surface area (Å²) < 4.78 is 0. The Balaban J connectivity index is 2.14. The van der Waals surface area contributed by atoms with E-state index >= 15 is 0 Å². The lowest BCUT2D eigenvalue weighted by Gasteiger charge is -2.15. The highest BCUT2D eigenvalue weighted by Gasteiger charge is 2.21. The number of aromatic nitrogens is 2. The molecular formula is C16H15N3O2. The summed E-state index contributed by atoms with van der Waals surface area (Å²) in [6.45, 7) is 1.75. The Morgan fingerprint density at radius 1 is 1.05 bits per heavy atom. The first-order chi connectivity index (χ1) is 10.2. The molecule has 0 saturated heterocycles. The van der Waals surface area contributed by atoms with Gasteiger partial charge in [-0.1, -0.05) is 12.1 Å². The number of nitrogens with zero attached hydrogens (tertiary/aromatic N) is 1. The van der Waals surface area contributed by atoms with E-state index < -0.39 is 0 Å². The quantitative estimate of drug-likeness (QED) is 0.564. The molecular weight excluding hydrogens is 266 g/mol. The van der Waals surface area contributed by atoms with Crippen LogP contribution < -0.4 is 0 Å². The fourth-order valence-corrected chi connectivity index (χ4v) is 2.58. The molecule has 2 heterocycles. The zero-order valence-corrected chi connectivity index (χ0v) is 11.5. The maximum Gasteiger partial charge on any atom is 0.272 e. The maximum atomic E-state index is 11.2. The van der Waals surface area contributed by atoms with Crippen LogP contribution in [0.15, 0.2) is 54.9 Å². The summed E-state index contributed by atoms with van der Waals surface area (Å²) in [5.74, 6) is -0.0747. The van der Waals surface area contributed by atoms with E-state index in [1.54, 1.807) is 19.1 Å². The number of nitro benzene ring substituents is 1. The number of rotatable bonds is 4. The van der Waals surface area contributed by atoms with Crippen LogP contribution in [0.1, 0.15) is 28.4 Å². The molecule has 0 bridgehead atoms. The van der Waals surface area contributed by atoms with Crippen molar-refractivity contribution in [1.82, 2.24) is 9.97 Å². The second kappa shape index (κ2) is 5.28. The molecule has 5 heteroatoms. The van der Waals surface area contributed by atoms with Crippen molar-refractivity contribution in [2.45, 2.75) is 12.8 Å². The topological polar surface area (TPSA) is 74.7 Å². The number of nitrogens with one attached hydrogen (secondary N) is 2. The van der Waals surface area contributed by atoms with Gasteiger partial charge in [0, 0.05) is 35.4 Å². The predicted molar refractivity (Wildman–Crippen MR) is 80.4 cm³/mol. The molecule has 3 aromatic rings. The Morgan fingerprint density at radius 2 is 1.67 bits per heavy atom. The van der Waals surface area contributed by atoms with Gasteiger partial charge in [0.05, 0.1) is 10.8 Å². The summed E-state index contributed by atoms with van der Waals surface area (Å²) in [5, 5.41) is 11.2. The van der Waals surface area contributed by atoms with Gasteiger partial charge in [-0.05, 0) is 36.8 Å². The second-order valence-corrected chi connectivity index (χ2v) is 4.99. The molecule has 0 aliphatic rings. The summed E-state index contributed by atoms with van der Waals surface area (Å²) in [4.78, 5) is 17.2. The average Bonchev–Trinajstić information content (AvgIpc) is 3.14. The molecule has 5 nitrogen and oxygen atoms in total. The number of aromatic amines is 2. The van der Waals surface area contributed by atoms with Crippen LogP contribution in [0.2, 0.25) is 0 Å². The van der Waals surface area contributed by atoms with Gasteiger partial charge in [0.1, 0.15) is 0 Å². The van der Waals surface area contributed by atoms with Gasteiger partial charge in [0.15, 0.2) is 0 Å². The van der Waals surface area contributed by atoms with Gasteiger partial charge >= 0.3 is 0 Å². The van der Waals surface area contributed by atoms with E-state index in [9.17, 15) is 10.1 Å². The third kappa shape index (κ3) is 2.45. The number of H-pyrrole nitrogens is 2. The second-order valence-electron chi connectivity index (χ2n) is 4.99. The molecule has 3 rings (SSSR count). The molecule has 0 radical (unpaired) electrons. The highest BCUT2D eigenvalue weighted by atomic mass is 16.6. The molecule has 106 valence electrons. The molecule has 0 atom stereocenters. The third-order valence-electron chi connectivity index (χ3n) is 3.63. The first-order valence-corrected chi connectivity index (χ1v) is 6.68. The van der Waals surface area contributed by atoms with Crippen LogP contribution in [0.5, 0.6) is 0 Å². The van der Waals surface area contributed by atoms with Gasteiger partial charge in [-0.15, -0.1) is 0 Å². The van der Waals surface area contributed by atoms with E-state index in [1.807, 2.05) is 42.7 Å². The summed E-state index contributed by atoms with van der Waals surface area (Å²) in [5.41, 5.74) is 3.69. The molecule has 0 spiro atoms. The molecule has 2 N–H and O–H groups in total. The van der Waals surface area contributed by atoms with Gasteiger partial charge in [0.25, 0.3) is 5.69 Å². The van der Waals surface area contributed by atoms with Crippen molar-refractivity contribution >= 4 is 5.69 Å². The summed E-state index contributed by atoms with van der Waals surface area (Å²) in [6, 6.07) is 13.2. The van der Waals surface area contributed by atoms with Crippen molar-refractivity contribution in [3.63, 3.8) is 0 Å². The van der Waals surface area contributed by atoms with Gasteiger partial charge in [-0.3, -0.25) is 10.1 Å². The number of nitro groups is 1. The van der Waals surface area contributed by atoms with Crippen LogP contribution in [0.25, 0.3) is 0 Å². The highest BCUT2D eigenvalue weighted by Crippen LogP contribution is 2.32. The summed E-state index contributed by atoms with van der Waals surface area (Å²) in [6.07, 6.45) is 3.71. The minimum atomic E-state index is -0.334. The van der Waals surface area contributed by atoms with Crippen molar-refractivity contribution in [3.8, 4) is 0 Å². The summed E-state index contributed by atoms with van der Waals surface area (Å²) in [7, 11) is 0. The van der Waals surface area contributed by atoms with Crippen molar-refractivity contribution in [3.05, 3.63) is 87.5 Å². The normalized spacial score (nSPS) is 11.0. The molecule has 1 aromatic carbocycles. The Kier molecular flexibility index (Phi) is 3.31. The van der Waals surface area contributed by atoms with Crippen LogP contribution in [0, 0.1) is 17.0 Å². The molecule has 2 aromatic heterocycles. The number of hydrogen-bond acceptors (Lipinski definition) is 2. The van der Waals surface area contributed by atoms with Gasteiger partial charge < -0.3 is 9.97 Å². The van der Waals surface area contributed by atoms with E-state index in [2.05, 4.69) is 9.97 Å². The zero-order chi connectivity index (χ0) is 14.8. The number of benzene rings is 1. The van der Waals surface area contributed by atoms with E-state index in [1.165, 1.54) is 0 Å². The van der Waals surface area contributed by atoms with Crippen LogP contribution in [-0.2, 0) is 0 Å². The third-order valence-corrected chi connectivity index (χ3v) is 3.63. The fourth-order valence-electron chi connectivity index (χ4n) is 2.58. The SMILES string of the molecule is Cc1ccc(C(c2ccc[nH]2)c2ccc[nH]2)cc1[N+](=O)[O-]. The average molecular weight is 281 g/mol. The highest BCUT2D eigenvalue weighted by molar-refractivity contribution is 5.47. The lowest BCUT2D eigenvalue weighted by atomic mass is 9.91. The Hall–Kier alpha value is -2.82. The van der Waals surface area contributed by atoms with E-state index in [0.29, 0.717) is 5.56 Å². The van der Waals surface area contributed by atoms with Crippen LogP contribution in [-0.4, -0.2) is 14.9 Å².